The van der Waals surface area contributed by atoms with E-state index in [4.69, 9.17) is 0 Å². The molecule has 114 valence electrons. The van der Waals surface area contributed by atoms with Crippen LogP contribution in [0.4, 0.5) is 0 Å². The van der Waals surface area contributed by atoms with Crippen LogP contribution in [0.2, 0.25) is 0 Å². The van der Waals surface area contributed by atoms with E-state index in [2.05, 4.69) is 14.7 Å². The van der Waals surface area contributed by atoms with Crippen LogP contribution in [-0.4, -0.2) is 35.8 Å². The zero-order valence-corrected chi connectivity index (χ0v) is 12.9. The van der Waals surface area contributed by atoms with E-state index < -0.39 is 10.0 Å². The SMILES string of the molecule is CS(=O)(=O)NCCn1c(-c2ccncc2)nc2ccccc21. The summed E-state index contributed by atoms with van der Waals surface area (Å²) < 4.78 is 27.0. The monoisotopic (exact) mass is 316 g/mol. The number of fused-ring (bicyclic) bond motifs is 1. The third-order valence-corrected chi connectivity index (χ3v) is 4.02. The fraction of sp³-hybridized carbons (Fsp3) is 0.200. The molecule has 0 aliphatic heterocycles. The Labute approximate surface area is 128 Å². The minimum Gasteiger partial charge on any atom is -0.323 e. The largest absolute Gasteiger partial charge is 0.323 e. The molecule has 1 aromatic carbocycles. The molecule has 2 heterocycles. The van der Waals surface area contributed by atoms with Crippen LogP contribution < -0.4 is 4.72 Å². The van der Waals surface area contributed by atoms with Crippen LogP contribution in [0.25, 0.3) is 22.4 Å². The number of nitrogens with one attached hydrogen (secondary N) is 1. The molecule has 0 radical (unpaired) electrons. The van der Waals surface area contributed by atoms with Crippen molar-refractivity contribution in [2.24, 2.45) is 0 Å². The van der Waals surface area contributed by atoms with Crippen molar-refractivity contribution in [2.75, 3.05) is 12.8 Å². The third-order valence-electron chi connectivity index (χ3n) is 3.29. The first kappa shape index (κ1) is 14.7. The van der Waals surface area contributed by atoms with E-state index in [1.165, 1.54) is 0 Å². The lowest BCUT2D eigenvalue weighted by molar-refractivity contribution is 0.580. The molecule has 0 unspecified atom stereocenters. The summed E-state index contributed by atoms with van der Waals surface area (Å²) >= 11 is 0. The first-order chi connectivity index (χ1) is 10.5. The van der Waals surface area contributed by atoms with E-state index in [9.17, 15) is 8.42 Å². The Morgan fingerprint density at radius 1 is 1.14 bits per heavy atom. The van der Waals surface area contributed by atoms with Crippen LogP contribution in [0.1, 0.15) is 0 Å². The van der Waals surface area contributed by atoms with Crippen molar-refractivity contribution in [3.8, 4) is 11.4 Å². The van der Waals surface area contributed by atoms with Gasteiger partial charge in [0.15, 0.2) is 0 Å². The van der Waals surface area contributed by atoms with Gasteiger partial charge in [0.1, 0.15) is 5.82 Å². The first-order valence-electron chi connectivity index (χ1n) is 6.85. The Morgan fingerprint density at radius 3 is 2.59 bits per heavy atom. The predicted molar refractivity (Wildman–Crippen MR) is 85.8 cm³/mol. The lowest BCUT2D eigenvalue weighted by atomic mass is 10.2. The lowest BCUT2D eigenvalue weighted by Gasteiger charge is -2.09. The summed E-state index contributed by atoms with van der Waals surface area (Å²) in [5.41, 5.74) is 2.81. The number of aromatic nitrogens is 3. The molecular formula is C15H16N4O2S. The molecule has 22 heavy (non-hydrogen) atoms. The molecule has 0 amide bonds. The van der Waals surface area contributed by atoms with Gasteiger partial charge in [0.2, 0.25) is 10.0 Å². The summed E-state index contributed by atoms with van der Waals surface area (Å²) in [4.78, 5) is 8.68. The first-order valence-corrected chi connectivity index (χ1v) is 8.74. The number of hydrogen-bond acceptors (Lipinski definition) is 4. The van der Waals surface area contributed by atoms with Crippen molar-refractivity contribution in [2.45, 2.75) is 6.54 Å². The summed E-state index contributed by atoms with van der Waals surface area (Å²) in [6.07, 6.45) is 4.59. The van der Waals surface area contributed by atoms with Gasteiger partial charge in [-0.05, 0) is 24.3 Å². The van der Waals surface area contributed by atoms with Crippen molar-refractivity contribution in [3.63, 3.8) is 0 Å². The average molecular weight is 316 g/mol. The maximum atomic E-state index is 11.2. The van der Waals surface area contributed by atoms with E-state index in [-0.39, 0.29) is 0 Å². The van der Waals surface area contributed by atoms with Crippen molar-refractivity contribution in [3.05, 3.63) is 48.8 Å². The molecule has 0 saturated heterocycles. The molecule has 0 fully saturated rings. The highest BCUT2D eigenvalue weighted by Gasteiger charge is 2.12. The van der Waals surface area contributed by atoms with Crippen molar-refractivity contribution in [1.82, 2.24) is 19.3 Å². The molecule has 0 atom stereocenters. The van der Waals surface area contributed by atoms with Gasteiger partial charge in [0, 0.05) is 31.0 Å². The molecule has 2 aromatic heterocycles. The van der Waals surface area contributed by atoms with E-state index in [1.807, 2.05) is 41.0 Å². The zero-order chi connectivity index (χ0) is 15.6. The summed E-state index contributed by atoms with van der Waals surface area (Å²) in [7, 11) is -3.20. The van der Waals surface area contributed by atoms with Crippen LogP contribution in [-0.2, 0) is 16.6 Å². The Bertz CT molecular complexity index is 888. The second kappa shape index (κ2) is 5.86. The van der Waals surface area contributed by atoms with Crippen LogP contribution >= 0.6 is 0 Å². The van der Waals surface area contributed by atoms with Gasteiger partial charge >= 0.3 is 0 Å². The highest BCUT2D eigenvalue weighted by atomic mass is 32.2. The van der Waals surface area contributed by atoms with Gasteiger partial charge in [0.05, 0.1) is 17.3 Å². The number of para-hydroxylation sites is 2. The topological polar surface area (TPSA) is 76.9 Å². The zero-order valence-electron chi connectivity index (χ0n) is 12.1. The Kier molecular flexibility index (Phi) is 3.91. The maximum Gasteiger partial charge on any atom is 0.208 e. The average Bonchev–Trinajstić information content (AvgIpc) is 2.86. The number of imidazole rings is 1. The number of nitrogens with zero attached hydrogens (tertiary/aromatic N) is 3. The fourth-order valence-corrected chi connectivity index (χ4v) is 2.83. The molecule has 0 spiro atoms. The lowest BCUT2D eigenvalue weighted by Crippen LogP contribution is -2.26. The van der Waals surface area contributed by atoms with Gasteiger partial charge in [-0.1, -0.05) is 12.1 Å². The second-order valence-electron chi connectivity index (χ2n) is 4.98. The van der Waals surface area contributed by atoms with Gasteiger partial charge in [-0.25, -0.2) is 18.1 Å². The molecule has 1 N–H and O–H groups in total. The van der Waals surface area contributed by atoms with Gasteiger partial charge in [-0.3, -0.25) is 4.98 Å². The van der Waals surface area contributed by atoms with Gasteiger partial charge in [0.25, 0.3) is 0 Å². The molecule has 0 bridgehead atoms. The highest BCUT2D eigenvalue weighted by molar-refractivity contribution is 7.88. The number of benzene rings is 1. The third kappa shape index (κ3) is 3.15. The van der Waals surface area contributed by atoms with E-state index in [0.717, 1.165) is 28.7 Å². The molecule has 3 rings (SSSR count). The summed E-state index contributed by atoms with van der Waals surface area (Å²) in [5.74, 6) is 0.805. The molecule has 6 nitrogen and oxygen atoms in total. The number of sulfonamides is 1. The van der Waals surface area contributed by atoms with Crippen LogP contribution in [0.5, 0.6) is 0 Å². The Balaban J connectivity index is 2.02. The molecule has 0 saturated carbocycles. The molecular weight excluding hydrogens is 300 g/mol. The van der Waals surface area contributed by atoms with E-state index >= 15 is 0 Å². The minimum absolute atomic E-state index is 0.317. The second-order valence-corrected chi connectivity index (χ2v) is 6.81. The molecule has 7 heteroatoms. The normalized spacial score (nSPS) is 11.9. The Hall–Kier alpha value is -2.25. The smallest absolute Gasteiger partial charge is 0.208 e. The van der Waals surface area contributed by atoms with Crippen molar-refractivity contribution >= 4 is 21.1 Å². The quantitative estimate of drug-likeness (QED) is 0.776. The van der Waals surface area contributed by atoms with E-state index in [0.29, 0.717) is 13.1 Å². The highest BCUT2D eigenvalue weighted by Crippen LogP contribution is 2.24. The minimum atomic E-state index is -3.20. The summed E-state index contributed by atoms with van der Waals surface area (Å²) in [5, 5.41) is 0. The maximum absolute atomic E-state index is 11.2. The Morgan fingerprint density at radius 2 is 1.86 bits per heavy atom. The summed E-state index contributed by atoms with van der Waals surface area (Å²) in [6, 6.07) is 11.6. The van der Waals surface area contributed by atoms with Gasteiger partial charge in [-0.15, -0.1) is 0 Å². The van der Waals surface area contributed by atoms with Gasteiger partial charge < -0.3 is 4.57 Å². The number of hydrogen-bond donors (Lipinski definition) is 1. The van der Waals surface area contributed by atoms with Crippen molar-refractivity contribution < 1.29 is 8.42 Å². The standard InChI is InChI=1S/C15H16N4O2S/c1-22(20,21)17-10-11-19-14-5-3-2-4-13(14)18-15(19)12-6-8-16-9-7-12/h2-9,17H,10-11H2,1H3. The number of rotatable bonds is 5. The molecule has 0 aliphatic rings. The molecule has 3 aromatic rings. The fourth-order valence-electron chi connectivity index (χ4n) is 2.37. The van der Waals surface area contributed by atoms with Crippen LogP contribution in [0, 0.1) is 0 Å². The predicted octanol–water partition coefficient (Wildman–Crippen LogP) is 1.65. The van der Waals surface area contributed by atoms with Crippen molar-refractivity contribution in [1.29, 1.82) is 0 Å². The van der Waals surface area contributed by atoms with E-state index in [1.54, 1.807) is 12.4 Å². The summed E-state index contributed by atoms with van der Waals surface area (Å²) in [6.45, 7) is 0.822. The molecule has 0 aliphatic carbocycles. The van der Waals surface area contributed by atoms with Crippen LogP contribution in [0.3, 0.4) is 0 Å². The van der Waals surface area contributed by atoms with Crippen LogP contribution in [0.15, 0.2) is 48.8 Å². The number of pyridine rings is 1. The van der Waals surface area contributed by atoms with Gasteiger partial charge in [-0.2, -0.15) is 0 Å².